The lowest BCUT2D eigenvalue weighted by molar-refractivity contribution is 0.416. The molecule has 0 radical (unpaired) electrons. The van der Waals surface area contributed by atoms with Crippen LogP contribution in [0, 0.1) is 0 Å². The molecular weight excluding hydrogens is 394 g/mol. The maximum Gasteiger partial charge on any atom is 0.160 e. The summed E-state index contributed by atoms with van der Waals surface area (Å²) in [7, 11) is 1.69. The molecule has 0 atom stereocenters. The van der Waals surface area contributed by atoms with Gasteiger partial charge in [-0.2, -0.15) is 0 Å². The summed E-state index contributed by atoms with van der Waals surface area (Å²) in [4.78, 5) is 9.75. The molecule has 3 aromatic carbocycles. The summed E-state index contributed by atoms with van der Waals surface area (Å²) >= 11 is 0. The molecule has 0 aliphatic rings. The van der Waals surface area contributed by atoms with E-state index in [1.165, 1.54) is 5.56 Å². The van der Waals surface area contributed by atoms with Crippen molar-refractivity contribution in [2.24, 2.45) is 0 Å². The van der Waals surface area contributed by atoms with Crippen molar-refractivity contribution in [1.82, 2.24) is 14.5 Å². The van der Waals surface area contributed by atoms with Crippen molar-refractivity contribution in [2.75, 3.05) is 7.11 Å². The Bertz CT molecular complexity index is 1370. The average molecular weight is 418 g/mol. The number of methoxy groups -OCH3 is 1. The summed E-state index contributed by atoms with van der Waals surface area (Å²) in [6.45, 7) is 0.701. The Balaban J connectivity index is 1.61. The largest absolute Gasteiger partial charge is 0.496 e. The van der Waals surface area contributed by atoms with Crippen LogP contribution in [0.1, 0.15) is 17.0 Å². The van der Waals surface area contributed by atoms with Gasteiger partial charge in [-0.15, -0.1) is 0 Å². The number of rotatable bonds is 6. The molecule has 0 aliphatic heterocycles. The van der Waals surface area contributed by atoms with Crippen LogP contribution in [0.25, 0.3) is 34.4 Å². The molecule has 0 unspecified atom stereocenters. The fraction of sp³-hybridized carbons (Fsp3) is 0.0714. The number of para-hydroxylation sites is 1. The summed E-state index contributed by atoms with van der Waals surface area (Å²) in [6, 6.07) is 30.7. The minimum atomic E-state index is 0.701. The van der Waals surface area contributed by atoms with Gasteiger partial charge in [0.2, 0.25) is 0 Å². The van der Waals surface area contributed by atoms with Crippen LogP contribution < -0.4 is 4.74 Å². The van der Waals surface area contributed by atoms with E-state index in [9.17, 15) is 0 Å². The second-order valence-electron chi connectivity index (χ2n) is 7.55. The maximum absolute atomic E-state index is 5.54. The number of aromatic nitrogens is 3. The van der Waals surface area contributed by atoms with Gasteiger partial charge in [0.15, 0.2) is 5.65 Å². The Morgan fingerprint density at radius 3 is 2.34 bits per heavy atom. The lowest BCUT2D eigenvalue weighted by Crippen LogP contribution is -2.03. The highest BCUT2D eigenvalue weighted by Crippen LogP contribution is 2.31. The van der Waals surface area contributed by atoms with E-state index >= 15 is 0 Å². The van der Waals surface area contributed by atoms with E-state index in [0.29, 0.717) is 6.54 Å². The number of fused-ring (bicyclic) bond motifs is 1. The molecular formula is C28H23N3O. The summed E-state index contributed by atoms with van der Waals surface area (Å²) in [5.74, 6) is 1.69. The van der Waals surface area contributed by atoms with Crippen LogP contribution in [0.5, 0.6) is 5.75 Å². The second-order valence-corrected chi connectivity index (χ2v) is 7.55. The predicted molar refractivity (Wildman–Crippen MR) is 130 cm³/mol. The first-order valence-corrected chi connectivity index (χ1v) is 10.6. The standard InChI is InChI=1S/C28H23N3O/c1-32-26-15-9-8-14-24(26)23-18-25-28(29-19-23)31(20-22-12-6-3-7-13-22)27(30-25)17-16-21-10-4-2-5-11-21/h2-19H,20H2,1H3/b17-16+. The third-order valence-corrected chi connectivity index (χ3v) is 5.44. The van der Waals surface area contributed by atoms with E-state index in [1.54, 1.807) is 7.11 Å². The monoisotopic (exact) mass is 417 g/mol. The molecule has 156 valence electrons. The van der Waals surface area contributed by atoms with Crippen LogP contribution in [0.4, 0.5) is 0 Å². The number of hydrogen-bond donors (Lipinski definition) is 0. The zero-order valence-corrected chi connectivity index (χ0v) is 17.8. The van der Waals surface area contributed by atoms with Crippen molar-refractivity contribution < 1.29 is 4.74 Å². The van der Waals surface area contributed by atoms with Crippen molar-refractivity contribution in [2.45, 2.75) is 6.54 Å². The second kappa shape index (κ2) is 8.90. The van der Waals surface area contributed by atoms with Gasteiger partial charge in [0.05, 0.1) is 13.7 Å². The number of nitrogens with zero attached hydrogens (tertiary/aromatic N) is 3. The third-order valence-electron chi connectivity index (χ3n) is 5.44. The normalized spacial score (nSPS) is 11.3. The van der Waals surface area contributed by atoms with Gasteiger partial charge in [-0.05, 0) is 29.3 Å². The first-order valence-electron chi connectivity index (χ1n) is 10.6. The van der Waals surface area contributed by atoms with Gasteiger partial charge < -0.3 is 9.30 Å². The van der Waals surface area contributed by atoms with Gasteiger partial charge in [0, 0.05) is 17.3 Å². The molecule has 2 aromatic heterocycles. The summed E-state index contributed by atoms with van der Waals surface area (Å²) in [6.07, 6.45) is 6.04. The lowest BCUT2D eigenvalue weighted by atomic mass is 10.1. The van der Waals surface area contributed by atoms with Crippen LogP contribution in [0.3, 0.4) is 0 Å². The molecule has 5 aromatic rings. The van der Waals surface area contributed by atoms with Crippen molar-refractivity contribution in [3.63, 3.8) is 0 Å². The van der Waals surface area contributed by atoms with E-state index in [4.69, 9.17) is 14.7 Å². The van der Waals surface area contributed by atoms with Crippen LogP contribution in [-0.2, 0) is 6.54 Å². The minimum Gasteiger partial charge on any atom is -0.496 e. The van der Waals surface area contributed by atoms with Gasteiger partial charge in [-0.3, -0.25) is 0 Å². The number of ether oxygens (including phenoxy) is 1. The van der Waals surface area contributed by atoms with Crippen LogP contribution in [0.2, 0.25) is 0 Å². The summed E-state index contributed by atoms with van der Waals surface area (Å²) in [5, 5.41) is 0. The molecule has 0 saturated carbocycles. The fourth-order valence-electron chi connectivity index (χ4n) is 3.84. The van der Waals surface area contributed by atoms with E-state index in [0.717, 1.165) is 39.4 Å². The molecule has 32 heavy (non-hydrogen) atoms. The smallest absolute Gasteiger partial charge is 0.160 e. The summed E-state index contributed by atoms with van der Waals surface area (Å²) in [5.41, 5.74) is 6.05. The van der Waals surface area contributed by atoms with Gasteiger partial charge in [0.1, 0.15) is 17.1 Å². The molecule has 0 saturated heterocycles. The number of benzene rings is 3. The lowest BCUT2D eigenvalue weighted by Gasteiger charge is -2.09. The highest BCUT2D eigenvalue weighted by Gasteiger charge is 2.13. The Morgan fingerprint density at radius 1 is 0.844 bits per heavy atom. The van der Waals surface area contributed by atoms with E-state index in [1.807, 2.05) is 54.7 Å². The van der Waals surface area contributed by atoms with Gasteiger partial charge in [0.25, 0.3) is 0 Å². The van der Waals surface area contributed by atoms with Crippen molar-refractivity contribution in [3.8, 4) is 16.9 Å². The third kappa shape index (κ3) is 4.03. The van der Waals surface area contributed by atoms with Crippen LogP contribution in [-0.4, -0.2) is 21.6 Å². The Labute approximate surface area is 187 Å². The highest BCUT2D eigenvalue weighted by molar-refractivity contribution is 5.83. The SMILES string of the molecule is COc1ccccc1-c1cnc2c(c1)nc(/C=C/c1ccccc1)n2Cc1ccccc1. The Kier molecular flexibility index (Phi) is 5.50. The van der Waals surface area contributed by atoms with Gasteiger partial charge >= 0.3 is 0 Å². The number of imidazole rings is 1. The molecule has 0 fully saturated rings. The molecule has 0 aliphatic carbocycles. The van der Waals surface area contributed by atoms with E-state index in [-0.39, 0.29) is 0 Å². The molecule has 2 heterocycles. The van der Waals surface area contributed by atoms with Gasteiger partial charge in [-0.1, -0.05) is 84.9 Å². The Hall–Kier alpha value is -4.18. The zero-order valence-electron chi connectivity index (χ0n) is 17.8. The first-order chi connectivity index (χ1) is 15.8. The molecule has 4 nitrogen and oxygen atoms in total. The molecule has 0 amide bonds. The zero-order chi connectivity index (χ0) is 21.8. The maximum atomic E-state index is 5.54. The molecule has 0 spiro atoms. The van der Waals surface area contributed by atoms with Crippen LogP contribution >= 0.6 is 0 Å². The number of pyridine rings is 1. The summed E-state index contributed by atoms with van der Waals surface area (Å²) < 4.78 is 7.71. The predicted octanol–water partition coefficient (Wildman–Crippen LogP) is 6.33. The fourth-order valence-corrected chi connectivity index (χ4v) is 3.84. The van der Waals surface area contributed by atoms with Crippen molar-refractivity contribution in [3.05, 3.63) is 114 Å². The van der Waals surface area contributed by atoms with Crippen LogP contribution in [0.15, 0.2) is 97.2 Å². The van der Waals surface area contributed by atoms with Gasteiger partial charge in [-0.25, -0.2) is 9.97 Å². The Morgan fingerprint density at radius 2 is 1.56 bits per heavy atom. The van der Waals surface area contributed by atoms with E-state index in [2.05, 4.69) is 59.2 Å². The molecule has 4 heteroatoms. The first kappa shape index (κ1) is 19.8. The molecule has 0 bridgehead atoms. The number of hydrogen-bond acceptors (Lipinski definition) is 3. The topological polar surface area (TPSA) is 39.9 Å². The minimum absolute atomic E-state index is 0.701. The van der Waals surface area contributed by atoms with Crippen molar-refractivity contribution >= 4 is 23.3 Å². The quantitative estimate of drug-likeness (QED) is 0.324. The highest BCUT2D eigenvalue weighted by atomic mass is 16.5. The average Bonchev–Trinajstić information content (AvgIpc) is 3.20. The molecule has 0 N–H and O–H groups in total. The molecule has 5 rings (SSSR count). The van der Waals surface area contributed by atoms with Crippen molar-refractivity contribution in [1.29, 1.82) is 0 Å². The van der Waals surface area contributed by atoms with E-state index < -0.39 is 0 Å².